The Morgan fingerprint density at radius 2 is 1.76 bits per heavy atom. The normalized spacial score (nSPS) is 12.2. The van der Waals surface area contributed by atoms with Gasteiger partial charge in [0, 0.05) is 43.9 Å². The van der Waals surface area contributed by atoms with Gasteiger partial charge in [-0.15, -0.1) is 0 Å². The molecule has 0 N–H and O–H groups in total. The fraction of sp³-hybridized carbons (Fsp3) is 0.423. The van der Waals surface area contributed by atoms with Crippen LogP contribution < -0.4 is 0 Å². The first-order chi connectivity index (χ1) is 15.6. The first kappa shape index (κ1) is 23.4. The molecule has 33 heavy (non-hydrogen) atoms. The lowest BCUT2D eigenvalue weighted by Gasteiger charge is -2.17. The summed E-state index contributed by atoms with van der Waals surface area (Å²) >= 11 is 0. The zero-order chi connectivity index (χ0) is 23.8. The molecule has 0 atom stereocenters. The largest absolute Gasteiger partial charge is 0.360 e. The monoisotopic (exact) mass is 461 g/mol. The average Bonchev–Trinajstić information content (AvgIpc) is 3.29. The molecule has 0 unspecified atom stereocenters. The zero-order valence-electron chi connectivity index (χ0n) is 20.9. The van der Waals surface area contributed by atoms with E-state index in [1.54, 1.807) is 0 Å². The fourth-order valence-electron chi connectivity index (χ4n) is 4.09. The summed E-state index contributed by atoms with van der Waals surface area (Å²) in [5.41, 5.74) is 8.09. The maximum Gasteiger partial charge on any atom is 0.139 e. The van der Waals surface area contributed by atoms with Crippen LogP contribution >= 0.6 is 0 Å². The average molecular weight is 462 g/mol. The van der Waals surface area contributed by atoms with Crippen LogP contribution in [-0.2, 0) is 11.5 Å². The van der Waals surface area contributed by atoms with Gasteiger partial charge in [-0.3, -0.25) is 4.98 Å². The number of aromatic nitrogens is 5. The van der Waals surface area contributed by atoms with Gasteiger partial charge in [0.05, 0.1) is 17.1 Å². The number of ether oxygens (including phenoxy) is 1. The standard InChI is InChI=1S/C26H35N5OSi/c1-18(2)26-24(21-11-12-23-28-20(4)15-30(23)16-21)25(22-10-8-9-19(3)27-22)29-31(26)17-32-13-14-33(5,6)7/h8-12,15-16,18H,13-14,17H2,1-7H3. The topological polar surface area (TPSA) is 57.2 Å². The van der Waals surface area contributed by atoms with Crippen molar-refractivity contribution in [1.29, 1.82) is 0 Å². The Kier molecular flexibility index (Phi) is 6.54. The lowest BCUT2D eigenvalue weighted by atomic mass is 9.97. The van der Waals surface area contributed by atoms with Crippen molar-refractivity contribution in [2.24, 2.45) is 0 Å². The fourth-order valence-corrected chi connectivity index (χ4v) is 4.85. The van der Waals surface area contributed by atoms with Crippen molar-refractivity contribution >= 4 is 13.7 Å². The molecular weight excluding hydrogens is 426 g/mol. The predicted molar refractivity (Wildman–Crippen MR) is 137 cm³/mol. The molecule has 0 aromatic carbocycles. The molecule has 0 amide bonds. The van der Waals surface area contributed by atoms with Crippen molar-refractivity contribution < 1.29 is 4.74 Å². The van der Waals surface area contributed by atoms with Crippen LogP contribution in [0.2, 0.25) is 25.7 Å². The van der Waals surface area contributed by atoms with Crippen molar-refractivity contribution in [2.45, 2.75) is 66.0 Å². The number of aryl methyl sites for hydroxylation is 2. The van der Waals surface area contributed by atoms with Gasteiger partial charge in [0.15, 0.2) is 0 Å². The predicted octanol–water partition coefficient (Wildman–Crippen LogP) is 6.31. The van der Waals surface area contributed by atoms with Gasteiger partial charge in [-0.25, -0.2) is 9.67 Å². The molecule has 4 rings (SSSR count). The lowest BCUT2D eigenvalue weighted by molar-refractivity contribution is 0.0761. The maximum absolute atomic E-state index is 6.12. The molecule has 0 bridgehead atoms. The minimum atomic E-state index is -1.15. The van der Waals surface area contributed by atoms with E-state index < -0.39 is 8.07 Å². The molecular formula is C26H35N5OSi. The van der Waals surface area contributed by atoms with E-state index in [1.165, 1.54) is 0 Å². The molecule has 6 nitrogen and oxygen atoms in total. The van der Waals surface area contributed by atoms with E-state index in [0.717, 1.165) is 57.9 Å². The molecule has 174 valence electrons. The molecule has 4 heterocycles. The second-order valence-electron chi connectivity index (χ2n) is 10.3. The summed E-state index contributed by atoms with van der Waals surface area (Å²) in [4.78, 5) is 9.39. The molecule has 0 saturated heterocycles. The summed E-state index contributed by atoms with van der Waals surface area (Å²) in [7, 11) is -1.15. The van der Waals surface area contributed by atoms with E-state index in [0.29, 0.717) is 6.73 Å². The number of imidazole rings is 1. The second kappa shape index (κ2) is 9.23. The highest BCUT2D eigenvalue weighted by molar-refractivity contribution is 6.76. The van der Waals surface area contributed by atoms with Gasteiger partial charge in [-0.1, -0.05) is 39.6 Å². The van der Waals surface area contributed by atoms with Gasteiger partial charge < -0.3 is 9.14 Å². The Hall–Kier alpha value is -2.77. The highest BCUT2D eigenvalue weighted by atomic mass is 28.3. The van der Waals surface area contributed by atoms with E-state index in [-0.39, 0.29) is 5.92 Å². The number of hydrogen-bond acceptors (Lipinski definition) is 4. The SMILES string of the molecule is Cc1cccc(-c2nn(COCC[Si](C)(C)C)c(C(C)C)c2-c2ccc3nc(C)cn3c2)n1. The van der Waals surface area contributed by atoms with Gasteiger partial charge in [0.2, 0.25) is 0 Å². The summed E-state index contributed by atoms with van der Waals surface area (Å²) in [6.45, 7) is 16.8. The van der Waals surface area contributed by atoms with Crippen molar-refractivity contribution in [1.82, 2.24) is 24.1 Å². The molecule has 0 aliphatic rings. The van der Waals surface area contributed by atoms with E-state index in [2.05, 4.69) is 67.4 Å². The molecule has 0 fully saturated rings. The minimum Gasteiger partial charge on any atom is -0.360 e. The lowest BCUT2D eigenvalue weighted by Crippen LogP contribution is -2.22. The smallest absolute Gasteiger partial charge is 0.139 e. The van der Waals surface area contributed by atoms with Crippen LogP contribution in [0.3, 0.4) is 0 Å². The van der Waals surface area contributed by atoms with E-state index >= 15 is 0 Å². The Bertz CT molecular complexity index is 1270. The highest BCUT2D eigenvalue weighted by Crippen LogP contribution is 2.37. The third-order valence-electron chi connectivity index (χ3n) is 5.74. The van der Waals surface area contributed by atoms with E-state index in [4.69, 9.17) is 14.8 Å². The van der Waals surface area contributed by atoms with Gasteiger partial charge in [0.25, 0.3) is 0 Å². The minimum absolute atomic E-state index is 0.270. The summed E-state index contributed by atoms with van der Waals surface area (Å²) in [5.74, 6) is 0.270. The quantitative estimate of drug-likeness (QED) is 0.228. The zero-order valence-corrected chi connectivity index (χ0v) is 21.9. The van der Waals surface area contributed by atoms with Crippen LogP contribution in [0, 0.1) is 13.8 Å². The van der Waals surface area contributed by atoms with E-state index in [9.17, 15) is 0 Å². The third-order valence-corrected chi connectivity index (χ3v) is 7.44. The van der Waals surface area contributed by atoms with Crippen LogP contribution in [0.25, 0.3) is 28.2 Å². The van der Waals surface area contributed by atoms with Crippen molar-refractivity contribution in [2.75, 3.05) is 6.61 Å². The van der Waals surface area contributed by atoms with Crippen molar-refractivity contribution in [3.63, 3.8) is 0 Å². The summed E-state index contributed by atoms with van der Waals surface area (Å²) in [6, 6.07) is 11.5. The van der Waals surface area contributed by atoms with Crippen molar-refractivity contribution in [3.8, 4) is 22.5 Å². The molecule has 4 aromatic heterocycles. The van der Waals surface area contributed by atoms with Crippen LogP contribution in [0.4, 0.5) is 0 Å². The molecule has 0 radical (unpaired) electrons. The Labute approximate surface area is 197 Å². The van der Waals surface area contributed by atoms with Crippen LogP contribution in [0.15, 0.2) is 42.7 Å². The molecule has 7 heteroatoms. The van der Waals surface area contributed by atoms with E-state index in [1.807, 2.05) is 36.7 Å². The first-order valence-corrected chi connectivity index (χ1v) is 15.4. The summed E-state index contributed by atoms with van der Waals surface area (Å²) < 4.78 is 10.2. The van der Waals surface area contributed by atoms with Gasteiger partial charge in [-0.2, -0.15) is 5.10 Å². The molecule has 0 aliphatic carbocycles. The Morgan fingerprint density at radius 1 is 0.970 bits per heavy atom. The van der Waals surface area contributed by atoms with Gasteiger partial charge in [-0.05, 0) is 50.1 Å². The first-order valence-electron chi connectivity index (χ1n) is 11.7. The number of nitrogens with zero attached hydrogens (tertiary/aromatic N) is 5. The highest BCUT2D eigenvalue weighted by Gasteiger charge is 2.24. The molecule has 0 aliphatic heterocycles. The molecule has 0 spiro atoms. The number of pyridine rings is 2. The second-order valence-corrected chi connectivity index (χ2v) is 16.0. The number of fused-ring (bicyclic) bond motifs is 1. The third kappa shape index (κ3) is 5.25. The van der Waals surface area contributed by atoms with Gasteiger partial charge >= 0.3 is 0 Å². The molecule has 4 aromatic rings. The summed E-state index contributed by atoms with van der Waals surface area (Å²) in [6.07, 6.45) is 4.20. The number of hydrogen-bond donors (Lipinski definition) is 0. The Morgan fingerprint density at radius 3 is 2.45 bits per heavy atom. The van der Waals surface area contributed by atoms with Crippen molar-refractivity contribution in [3.05, 3.63) is 59.8 Å². The Balaban J connectivity index is 1.83. The van der Waals surface area contributed by atoms with Crippen LogP contribution in [-0.4, -0.2) is 38.8 Å². The number of rotatable bonds is 8. The van der Waals surface area contributed by atoms with Gasteiger partial charge in [0.1, 0.15) is 18.1 Å². The summed E-state index contributed by atoms with van der Waals surface area (Å²) in [5, 5.41) is 5.05. The van der Waals surface area contributed by atoms with Crippen LogP contribution in [0.1, 0.15) is 36.8 Å². The molecule has 0 saturated carbocycles. The van der Waals surface area contributed by atoms with Crippen LogP contribution in [0.5, 0.6) is 0 Å². The maximum atomic E-state index is 6.12.